The smallest absolute Gasteiger partial charge is 0.269 e. The lowest BCUT2D eigenvalue weighted by Crippen LogP contribution is -2.26. The van der Waals surface area contributed by atoms with Crippen LogP contribution in [-0.4, -0.2) is 42.0 Å². The van der Waals surface area contributed by atoms with Crippen molar-refractivity contribution < 1.29 is 14.3 Å². The van der Waals surface area contributed by atoms with Crippen LogP contribution >= 0.6 is 0 Å². The Morgan fingerprint density at radius 2 is 1.89 bits per heavy atom. The van der Waals surface area contributed by atoms with E-state index in [0.29, 0.717) is 36.3 Å². The number of carbonyl (C=O) groups is 2. The van der Waals surface area contributed by atoms with E-state index in [4.69, 9.17) is 4.74 Å². The predicted octanol–water partition coefficient (Wildman–Crippen LogP) is 2.65. The van der Waals surface area contributed by atoms with Crippen LogP contribution < -0.4 is 10.6 Å². The van der Waals surface area contributed by atoms with Gasteiger partial charge in [-0.1, -0.05) is 18.2 Å². The van der Waals surface area contributed by atoms with E-state index >= 15 is 0 Å². The summed E-state index contributed by atoms with van der Waals surface area (Å²) in [6, 6.07) is 12.4. The molecule has 2 heterocycles. The van der Waals surface area contributed by atoms with Gasteiger partial charge in [0.15, 0.2) is 0 Å². The molecule has 0 aliphatic carbocycles. The third-order valence-electron chi connectivity index (χ3n) is 3.95. The summed E-state index contributed by atoms with van der Waals surface area (Å²) in [5, 5.41) is 6.53. The van der Waals surface area contributed by atoms with Gasteiger partial charge in [-0.3, -0.25) is 19.6 Å². The van der Waals surface area contributed by atoms with Gasteiger partial charge in [-0.15, -0.1) is 0 Å². The number of hydrogen-bond acceptors (Lipinski definition) is 5. The highest BCUT2D eigenvalue weighted by molar-refractivity contribution is 6.09. The van der Waals surface area contributed by atoms with Crippen LogP contribution in [0.5, 0.6) is 0 Å². The highest BCUT2D eigenvalue weighted by atomic mass is 16.5. The van der Waals surface area contributed by atoms with Gasteiger partial charge in [0.25, 0.3) is 11.8 Å². The number of aromatic nitrogens is 2. The zero-order valence-electron chi connectivity index (χ0n) is 14.9. The molecule has 138 valence electrons. The van der Waals surface area contributed by atoms with Crippen molar-refractivity contribution in [3.05, 3.63) is 66.1 Å². The summed E-state index contributed by atoms with van der Waals surface area (Å²) in [6.45, 7) is 1.04. The number of pyridine rings is 2. The van der Waals surface area contributed by atoms with Crippen molar-refractivity contribution in [2.24, 2.45) is 0 Å². The Morgan fingerprint density at radius 1 is 1.04 bits per heavy atom. The summed E-state index contributed by atoms with van der Waals surface area (Å²) in [6.07, 6.45) is 3.83. The van der Waals surface area contributed by atoms with Gasteiger partial charge in [-0.25, -0.2) is 0 Å². The van der Waals surface area contributed by atoms with Crippen molar-refractivity contribution in [1.29, 1.82) is 0 Å². The number of para-hydroxylation sites is 1. The Bertz CT molecular complexity index is 953. The van der Waals surface area contributed by atoms with Crippen molar-refractivity contribution >= 4 is 28.4 Å². The lowest BCUT2D eigenvalue weighted by Gasteiger charge is -2.09. The van der Waals surface area contributed by atoms with Gasteiger partial charge in [0.1, 0.15) is 5.69 Å². The van der Waals surface area contributed by atoms with Gasteiger partial charge >= 0.3 is 0 Å². The molecule has 3 rings (SSSR count). The van der Waals surface area contributed by atoms with Crippen LogP contribution in [0.2, 0.25) is 0 Å². The number of rotatable bonds is 7. The van der Waals surface area contributed by atoms with E-state index in [1.165, 1.54) is 12.3 Å². The van der Waals surface area contributed by atoms with Gasteiger partial charge in [-0.05, 0) is 30.7 Å². The van der Waals surface area contributed by atoms with Crippen molar-refractivity contribution in [3.63, 3.8) is 0 Å². The number of nitrogens with zero attached hydrogens (tertiary/aromatic N) is 2. The molecule has 0 unspecified atom stereocenters. The minimum Gasteiger partial charge on any atom is -0.385 e. The largest absolute Gasteiger partial charge is 0.385 e. The zero-order valence-corrected chi connectivity index (χ0v) is 14.9. The second-order valence-corrected chi connectivity index (χ2v) is 5.87. The number of amides is 2. The molecule has 7 heteroatoms. The Balaban J connectivity index is 1.72. The molecule has 0 atom stereocenters. The third-order valence-corrected chi connectivity index (χ3v) is 3.95. The number of ether oxygens (including phenoxy) is 1. The molecule has 0 aliphatic rings. The zero-order chi connectivity index (χ0) is 19.1. The second kappa shape index (κ2) is 8.86. The lowest BCUT2D eigenvalue weighted by atomic mass is 10.1. The third kappa shape index (κ3) is 4.65. The van der Waals surface area contributed by atoms with Gasteiger partial charge in [0, 0.05) is 43.6 Å². The summed E-state index contributed by atoms with van der Waals surface area (Å²) in [7, 11) is 1.61. The average molecular weight is 364 g/mol. The summed E-state index contributed by atoms with van der Waals surface area (Å²) >= 11 is 0. The van der Waals surface area contributed by atoms with Gasteiger partial charge < -0.3 is 15.4 Å². The standard InChI is InChI=1S/C20H20N4O3/c1-27-12-4-10-23-20(26)17-13-15(8-11-21-17)19(25)24-16-7-2-5-14-6-3-9-22-18(14)16/h2-3,5-9,11,13H,4,10,12H2,1H3,(H,23,26)(H,24,25). The number of carbonyl (C=O) groups excluding carboxylic acids is 2. The van der Waals surface area contributed by atoms with Crippen LogP contribution in [-0.2, 0) is 4.74 Å². The molecule has 0 fully saturated rings. The molecule has 2 aromatic heterocycles. The fourth-order valence-electron chi connectivity index (χ4n) is 2.60. The van der Waals surface area contributed by atoms with Crippen molar-refractivity contribution in [1.82, 2.24) is 15.3 Å². The first kappa shape index (κ1) is 18.5. The van der Waals surface area contributed by atoms with Crippen LogP contribution in [0, 0.1) is 0 Å². The Labute approximate surface area is 156 Å². The lowest BCUT2D eigenvalue weighted by molar-refractivity contribution is 0.0943. The highest BCUT2D eigenvalue weighted by Crippen LogP contribution is 2.21. The number of fused-ring (bicyclic) bond motifs is 1. The second-order valence-electron chi connectivity index (χ2n) is 5.87. The number of hydrogen-bond donors (Lipinski definition) is 2. The van der Waals surface area contributed by atoms with E-state index < -0.39 is 0 Å². The number of anilines is 1. The quantitative estimate of drug-likeness (QED) is 0.629. The van der Waals surface area contributed by atoms with E-state index in [2.05, 4.69) is 20.6 Å². The van der Waals surface area contributed by atoms with Crippen LogP contribution in [0.4, 0.5) is 5.69 Å². The summed E-state index contributed by atoms with van der Waals surface area (Å²) < 4.78 is 4.94. The monoisotopic (exact) mass is 364 g/mol. The summed E-state index contributed by atoms with van der Waals surface area (Å²) in [5.41, 5.74) is 1.86. The van der Waals surface area contributed by atoms with Crippen molar-refractivity contribution in [2.75, 3.05) is 25.6 Å². The van der Waals surface area contributed by atoms with E-state index in [1.807, 2.05) is 24.3 Å². The molecule has 27 heavy (non-hydrogen) atoms. The van der Waals surface area contributed by atoms with Gasteiger partial charge in [-0.2, -0.15) is 0 Å². The molecule has 0 radical (unpaired) electrons. The maximum Gasteiger partial charge on any atom is 0.269 e. The topological polar surface area (TPSA) is 93.2 Å². The fourth-order valence-corrected chi connectivity index (χ4v) is 2.60. The maximum absolute atomic E-state index is 12.6. The van der Waals surface area contributed by atoms with E-state index in [1.54, 1.807) is 25.4 Å². The number of methoxy groups -OCH3 is 1. The maximum atomic E-state index is 12.6. The van der Waals surface area contributed by atoms with E-state index in [0.717, 1.165) is 5.39 Å². The van der Waals surface area contributed by atoms with Crippen LogP contribution in [0.1, 0.15) is 27.3 Å². The molecular formula is C20H20N4O3. The Morgan fingerprint density at radius 3 is 2.74 bits per heavy atom. The van der Waals surface area contributed by atoms with Crippen LogP contribution in [0.3, 0.4) is 0 Å². The minimum atomic E-state index is -0.330. The molecule has 1 aromatic carbocycles. The fraction of sp³-hybridized carbons (Fsp3) is 0.200. The summed E-state index contributed by atoms with van der Waals surface area (Å²) in [4.78, 5) is 33.1. The van der Waals surface area contributed by atoms with Gasteiger partial charge in [0.2, 0.25) is 0 Å². The average Bonchev–Trinajstić information content (AvgIpc) is 2.71. The summed E-state index contributed by atoms with van der Waals surface area (Å²) in [5.74, 6) is -0.656. The number of benzene rings is 1. The van der Waals surface area contributed by atoms with E-state index in [-0.39, 0.29) is 17.5 Å². The molecule has 0 saturated carbocycles. The van der Waals surface area contributed by atoms with Crippen molar-refractivity contribution in [2.45, 2.75) is 6.42 Å². The molecule has 0 aliphatic heterocycles. The molecule has 0 spiro atoms. The van der Waals surface area contributed by atoms with Crippen LogP contribution in [0.15, 0.2) is 54.9 Å². The highest BCUT2D eigenvalue weighted by Gasteiger charge is 2.13. The Hall–Kier alpha value is -3.32. The van der Waals surface area contributed by atoms with E-state index in [9.17, 15) is 9.59 Å². The Kier molecular flexibility index (Phi) is 6.06. The van der Waals surface area contributed by atoms with Crippen molar-refractivity contribution in [3.8, 4) is 0 Å². The minimum absolute atomic E-state index is 0.191. The first-order valence-electron chi connectivity index (χ1n) is 8.57. The normalized spacial score (nSPS) is 10.6. The number of nitrogens with one attached hydrogen (secondary N) is 2. The first-order valence-corrected chi connectivity index (χ1v) is 8.57. The first-order chi connectivity index (χ1) is 13.2. The molecule has 0 bridgehead atoms. The molecule has 2 N–H and O–H groups in total. The van der Waals surface area contributed by atoms with Crippen LogP contribution in [0.25, 0.3) is 10.9 Å². The molecule has 0 saturated heterocycles. The SMILES string of the molecule is COCCCNC(=O)c1cc(C(=O)Nc2cccc3cccnc23)ccn1. The molecule has 7 nitrogen and oxygen atoms in total. The predicted molar refractivity (Wildman–Crippen MR) is 103 cm³/mol. The molecule has 3 aromatic rings. The van der Waals surface area contributed by atoms with Gasteiger partial charge in [0.05, 0.1) is 11.2 Å². The molecular weight excluding hydrogens is 344 g/mol. The molecule has 2 amide bonds.